The van der Waals surface area contributed by atoms with Gasteiger partial charge in [-0.15, -0.1) is 0 Å². The highest BCUT2D eigenvalue weighted by molar-refractivity contribution is 5.99. The van der Waals surface area contributed by atoms with Crippen LogP contribution in [0.25, 0.3) is 0 Å². The maximum atomic E-state index is 11.6. The molecule has 0 atom stereocenters. The smallest absolute Gasteiger partial charge is 0.273 e. The van der Waals surface area contributed by atoms with Crippen molar-refractivity contribution < 1.29 is 4.79 Å². The quantitative estimate of drug-likeness (QED) is 0.724. The highest BCUT2D eigenvalue weighted by atomic mass is 16.2. The number of carbonyl (C=O) groups is 1. The van der Waals surface area contributed by atoms with Gasteiger partial charge in [0, 0.05) is 6.54 Å². The molecule has 18 heavy (non-hydrogen) atoms. The van der Waals surface area contributed by atoms with Crippen LogP contribution in [0.3, 0.4) is 0 Å². The molecule has 1 aromatic carbocycles. The first kappa shape index (κ1) is 10.6. The third kappa shape index (κ3) is 1.77. The van der Waals surface area contributed by atoms with Crippen molar-refractivity contribution in [3.8, 4) is 0 Å². The Morgan fingerprint density at radius 2 is 2.11 bits per heavy atom. The van der Waals surface area contributed by atoms with Crippen LogP contribution in [0.2, 0.25) is 0 Å². The van der Waals surface area contributed by atoms with Gasteiger partial charge in [0.1, 0.15) is 5.69 Å². The number of aromatic amines is 1. The standard InChI is InChI=1S/C12H13N5O/c13-12-15-9-10(16-12)17(7-14-11(9)18)6-8-4-2-1-3-5-8/h1-5H,6-7H2,(H,14,18)(H3,13,15,16). The molecule has 0 radical (unpaired) electrons. The molecule has 0 unspecified atom stereocenters. The maximum Gasteiger partial charge on any atom is 0.273 e. The Balaban J connectivity index is 1.91. The van der Waals surface area contributed by atoms with Gasteiger partial charge in [-0.05, 0) is 5.56 Å². The maximum absolute atomic E-state index is 11.6. The van der Waals surface area contributed by atoms with Gasteiger partial charge < -0.3 is 20.9 Å². The highest BCUT2D eigenvalue weighted by Crippen LogP contribution is 2.23. The van der Waals surface area contributed by atoms with E-state index in [1.807, 2.05) is 35.2 Å². The zero-order valence-electron chi connectivity index (χ0n) is 9.68. The van der Waals surface area contributed by atoms with E-state index in [1.54, 1.807) is 0 Å². The molecular formula is C12H13N5O. The molecule has 0 saturated heterocycles. The van der Waals surface area contributed by atoms with Gasteiger partial charge in [0.25, 0.3) is 5.91 Å². The lowest BCUT2D eigenvalue weighted by atomic mass is 10.2. The van der Waals surface area contributed by atoms with Crippen LogP contribution >= 0.6 is 0 Å². The largest absolute Gasteiger partial charge is 0.369 e. The van der Waals surface area contributed by atoms with Crippen LogP contribution < -0.4 is 16.0 Å². The van der Waals surface area contributed by atoms with Crippen LogP contribution in [-0.2, 0) is 6.54 Å². The SMILES string of the molecule is Nc1nc2c([nH]1)C(=O)NCN2Cc1ccccc1. The van der Waals surface area contributed by atoms with Crippen molar-refractivity contribution >= 4 is 17.7 Å². The molecule has 92 valence electrons. The number of nitrogens with one attached hydrogen (secondary N) is 2. The first-order chi connectivity index (χ1) is 8.74. The average molecular weight is 243 g/mol. The van der Waals surface area contributed by atoms with Crippen molar-refractivity contribution in [1.82, 2.24) is 15.3 Å². The second-order valence-electron chi connectivity index (χ2n) is 4.17. The van der Waals surface area contributed by atoms with E-state index in [4.69, 9.17) is 5.73 Å². The van der Waals surface area contributed by atoms with Crippen molar-refractivity contribution in [3.05, 3.63) is 41.6 Å². The number of carbonyl (C=O) groups excluding carboxylic acids is 1. The number of hydrogen-bond donors (Lipinski definition) is 3. The molecule has 1 amide bonds. The summed E-state index contributed by atoms with van der Waals surface area (Å²) in [6.45, 7) is 1.11. The van der Waals surface area contributed by atoms with E-state index in [2.05, 4.69) is 15.3 Å². The molecule has 1 aliphatic heterocycles. The molecule has 1 aliphatic rings. The number of nitrogens with zero attached hydrogens (tertiary/aromatic N) is 2. The first-order valence-corrected chi connectivity index (χ1v) is 5.66. The number of aromatic nitrogens is 2. The van der Waals surface area contributed by atoms with E-state index in [0.717, 1.165) is 5.56 Å². The number of fused-ring (bicyclic) bond motifs is 1. The number of H-pyrrole nitrogens is 1. The van der Waals surface area contributed by atoms with Crippen LogP contribution in [0.1, 0.15) is 16.1 Å². The fourth-order valence-electron chi connectivity index (χ4n) is 2.03. The minimum atomic E-state index is -0.168. The molecular weight excluding hydrogens is 230 g/mol. The summed E-state index contributed by atoms with van der Waals surface area (Å²) in [5, 5.41) is 2.78. The molecule has 0 spiro atoms. The summed E-state index contributed by atoms with van der Waals surface area (Å²) >= 11 is 0. The van der Waals surface area contributed by atoms with Crippen LogP contribution in [0.4, 0.5) is 11.8 Å². The summed E-state index contributed by atoms with van der Waals surface area (Å²) in [5.41, 5.74) is 7.18. The number of imidazole rings is 1. The predicted molar refractivity (Wildman–Crippen MR) is 68.0 cm³/mol. The lowest BCUT2D eigenvalue weighted by Gasteiger charge is -2.27. The Kier molecular flexibility index (Phi) is 2.40. The van der Waals surface area contributed by atoms with Gasteiger partial charge in [-0.25, -0.2) is 0 Å². The van der Waals surface area contributed by atoms with Crippen molar-refractivity contribution in [1.29, 1.82) is 0 Å². The molecule has 0 fully saturated rings. The average Bonchev–Trinajstić information content (AvgIpc) is 2.77. The molecule has 6 heteroatoms. The lowest BCUT2D eigenvalue weighted by Crippen LogP contribution is -2.43. The van der Waals surface area contributed by atoms with Crippen molar-refractivity contribution in [3.63, 3.8) is 0 Å². The summed E-state index contributed by atoms with van der Waals surface area (Å²) < 4.78 is 0. The van der Waals surface area contributed by atoms with Gasteiger partial charge in [-0.2, -0.15) is 4.98 Å². The first-order valence-electron chi connectivity index (χ1n) is 5.66. The summed E-state index contributed by atoms with van der Waals surface area (Å²) in [5.74, 6) is 0.703. The zero-order valence-corrected chi connectivity index (χ0v) is 9.68. The molecule has 2 aromatic rings. The minimum Gasteiger partial charge on any atom is -0.369 e. The normalized spacial score (nSPS) is 14.2. The molecule has 6 nitrogen and oxygen atoms in total. The molecule has 2 heterocycles. The second kappa shape index (κ2) is 4.06. The van der Waals surface area contributed by atoms with Gasteiger partial charge in [-0.1, -0.05) is 30.3 Å². The Labute approximate surface area is 104 Å². The van der Waals surface area contributed by atoms with Gasteiger partial charge in [0.05, 0.1) is 6.67 Å². The fraction of sp³-hybridized carbons (Fsp3) is 0.167. The summed E-state index contributed by atoms with van der Waals surface area (Å²) in [4.78, 5) is 20.5. The third-order valence-corrected chi connectivity index (χ3v) is 2.88. The number of anilines is 2. The molecule has 0 bridgehead atoms. The van der Waals surface area contributed by atoms with E-state index < -0.39 is 0 Å². The zero-order chi connectivity index (χ0) is 12.5. The Hall–Kier alpha value is -2.50. The number of hydrogen-bond acceptors (Lipinski definition) is 4. The topological polar surface area (TPSA) is 87.0 Å². The Bertz CT molecular complexity index is 577. The number of nitrogen functional groups attached to an aromatic ring is 1. The number of amides is 1. The fourth-order valence-corrected chi connectivity index (χ4v) is 2.03. The van der Waals surface area contributed by atoms with Gasteiger partial charge >= 0.3 is 0 Å². The summed E-state index contributed by atoms with van der Waals surface area (Å²) in [6.07, 6.45) is 0. The van der Waals surface area contributed by atoms with Crippen LogP contribution in [0, 0.1) is 0 Å². The molecule has 4 N–H and O–H groups in total. The molecule has 0 aliphatic carbocycles. The number of nitrogens with two attached hydrogens (primary N) is 1. The Morgan fingerprint density at radius 3 is 2.89 bits per heavy atom. The number of benzene rings is 1. The van der Waals surface area contributed by atoms with E-state index in [-0.39, 0.29) is 11.9 Å². The second-order valence-corrected chi connectivity index (χ2v) is 4.17. The van der Waals surface area contributed by atoms with Gasteiger partial charge in [-0.3, -0.25) is 4.79 Å². The van der Waals surface area contributed by atoms with E-state index in [9.17, 15) is 4.79 Å². The van der Waals surface area contributed by atoms with Crippen molar-refractivity contribution in [2.75, 3.05) is 17.3 Å². The van der Waals surface area contributed by atoms with Gasteiger partial charge in [0.15, 0.2) is 11.8 Å². The summed E-state index contributed by atoms with van der Waals surface area (Å²) in [7, 11) is 0. The number of rotatable bonds is 2. The van der Waals surface area contributed by atoms with E-state index >= 15 is 0 Å². The van der Waals surface area contributed by atoms with Gasteiger partial charge in [0.2, 0.25) is 0 Å². The van der Waals surface area contributed by atoms with Crippen molar-refractivity contribution in [2.45, 2.75) is 6.54 Å². The van der Waals surface area contributed by atoms with Crippen LogP contribution in [-0.4, -0.2) is 22.5 Å². The lowest BCUT2D eigenvalue weighted by molar-refractivity contribution is 0.0942. The molecule has 0 saturated carbocycles. The Morgan fingerprint density at radius 1 is 1.33 bits per heavy atom. The monoisotopic (exact) mass is 243 g/mol. The molecule has 3 rings (SSSR count). The van der Waals surface area contributed by atoms with Crippen molar-refractivity contribution in [2.24, 2.45) is 0 Å². The van der Waals surface area contributed by atoms with Crippen LogP contribution in [0.15, 0.2) is 30.3 Å². The van der Waals surface area contributed by atoms with Crippen LogP contribution in [0.5, 0.6) is 0 Å². The third-order valence-electron chi connectivity index (χ3n) is 2.88. The molecule has 1 aromatic heterocycles. The summed E-state index contributed by atoms with van der Waals surface area (Å²) in [6, 6.07) is 10.0. The highest BCUT2D eigenvalue weighted by Gasteiger charge is 2.26. The minimum absolute atomic E-state index is 0.168. The van der Waals surface area contributed by atoms with E-state index in [1.165, 1.54) is 0 Å². The van der Waals surface area contributed by atoms with E-state index in [0.29, 0.717) is 24.7 Å². The predicted octanol–water partition coefficient (Wildman–Crippen LogP) is 0.699.